The summed E-state index contributed by atoms with van der Waals surface area (Å²) in [4.78, 5) is 15.9. The number of carbonyl (C=O) groups is 1. The quantitative estimate of drug-likeness (QED) is 0.577. The number of hydrogen-bond acceptors (Lipinski definition) is 4. The van der Waals surface area contributed by atoms with Crippen molar-refractivity contribution in [3.63, 3.8) is 0 Å². The third-order valence-corrected chi connectivity index (χ3v) is 5.52. The highest BCUT2D eigenvalue weighted by Crippen LogP contribution is 2.20. The van der Waals surface area contributed by atoms with Crippen LogP contribution in [0.1, 0.15) is 46.1 Å². The van der Waals surface area contributed by atoms with Gasteiger partial charge in [-0.1, -0.05) is 36.7 Å². The number of carboxylic acids is 1. The van der Waals surface area contributed by atoms with E-state index in [0.29, 0.717) is 0 Å². The van der Waals surface area contributed by atoms with E-state index in [2.05, 4.69) is 40.3 Å². The number of benzene rings is 1. The van der Waals surface area contributed by atoms with Crippen LogP contribution in [0.15, 0.2) is 47.8 Å². The Balaban J connectivity index is 1.92. The van der Waals surface area contributed by atoms with Gasteiger partial charge in [0.15, 0.2) is 0 Å². The van der Waals surface area contributed by atoms with Gasteiger partial charge >= 0.3 is 5.97 Å². The van der Waals surface area contributed by atoms with Crippen LogP contribution in [0.2, 0.25) is 5.02 Å². The minimum absolute atomic E-state index is 0.0793. The van der Waals surface area contributed by atoms with Crippen LogP contribution in [0.5, 0.6) is 0 Å². The van der Waals surface area contributed by atoms with Crippen molar-refractivity contribution in [2.75, 3.05) is 26.2 Å². The summed E-state index contributed by atoms with van der Waals surface area (Å²) in [6, 6.07) is 8.05. The lowest BCUT2D eigenvalue weighted by atomic mass is 10.0. The molecule has 0 spiro atoms. The zero-order chi connectivity index (χ0) is 21.4. The summed E-state index contributed by atoms with van der Waals surface area (Å²) < 4.78 is 0. The van der Waals surface area contributed by atoms with Gasteiger partial charge in [0, 0.05) is 54.7 Å². The first-order valence-corrected chi connectivity index (χ1v) is 10.7. The molecule has 1 aliphatic rings. The maximum atomic E-state index is 11.0. The summed E-state index contributed by atoms with van der Waals surface area (Å²) >= 11 is 6.30. The van der Waals surface area contributed by atoms with Crippen molar-refractivity contribution in [3.8, 4) is 0 Å². The van der Waals surface area contributed by atoms with Gasteiger partial charge in [-0.05, 0) is 51.0 Å². The van der Waals surface area contributed by atoms with Crippen molar-refractivity contribution in [1.29, 1.82) is 0 Å². The monoisotopic (exact) mass is 419 g/mol. The van der Waals surface area contributed by atoms with Crippen molar-refractivity contribution < 1.29 is 9.90 Å². The van der Waals surface area contributed by atoms with Crippen molar-refractivity contribution in [3.05, 3.63) is 58.4 Å². The van der Waals surface area contributed by atoms with Gasteiger partial charge in [-0.2, -0.15) is 0 Å². The summed E-state index contributed by atoms with van der Waals surface area (Å²) in [5.41, 5.74) is 2.98. The Kier molecular flexibility index (Phi) is 8.60. The lowest BCUT2D eigenvalue weighted by Gasteiger charge is -2.37. The molecule has 1 aliphatic heterocycles. The first-order chi connectivity index (χ1) is 13.7. The third-order valence-electron chi connectivity index (χ3n) is 5.15. The number of nitrogens with zero attached hydrogens (tertiary/aromatic N) is 2. The van der Waals surface area contributed by atoms with Gasteiger partial charge in [-0.15, -0.1) is 0 Å². The molecule has 1 fully saturated rings. The molecule has 5 nitrogen and oxygen atoms in total. The first-order valence-electron chi connectivity index (χ1n) is 10.3. The van der Waals surface area contributed by atoms with E-state index in [1.807, 2.05) is 39.0 Å². The molecule has 0 atom stereocenters. The zero-order valence-electron chi connectivity index (χ0n) is 18.0. The predicted octanol–water partition coefficient (Wildman–Crippen LogP) is 4.50. The molecule has 0 aromatic heterocycles. The van der Waals surface area contributed by atoms with E-state index in [1.54, 1.807) is 0 Å². The predicted molar refractivity (Wildman–Crippen MR) is 120 cm³/mol. The molecule has 1 saturated heterocycles. The molecule has 0 amide bonds. The average molecular weight is 420 g/mol. The highest BCUT2D eigenvalue weighted by atomic mass is 35.5. The summed E-state index contributed by atoms with van der Waals surface area (Å²) in [6.07, 6.45) is 5.25. The van der Waals surface area contributed by atoms with Gasteiger partial charge in [-0.3, -0.25) is 9.69 Å². The normalized spacial score (nSPS) is 16.8. The van der Waals surface area contributed by atoms with Gasteiger partial charge in [0.25, 0.3) is 0 Å². The molecule has 2 rings (SSSR count). The lowest BCUT2D eigenvalue weighted by Crippen LogP contribution is -2.45. The van der Waals surface area contributed by atoms with E-state index in [-0.39, 0.29) is 6.42 Å². The van der Waals surface area contributed by atoms with Crippen LogP contribution in [0.4, 0.5) is 0 Å². The number of rotatable bonds is 9. The molecule has 0 saturated carbocycles. The average Bonchev–Trinajstić information content (AvgIpc) is 2.63. The van der Waals surface area contributed by atoms with Crippen LogP contribution >= 0.6 is 11.6 Å². The maximum absolute atomic E-state index is 11.0. The SMILES string of the molecule is CC/C(=C\C=C(/C)NC(C)(C)CC(=O)O)N1CCN(Cc2ccccc2Cl)CC1. The number of halogens is 1. The van der Waals surface area contributed by atoms with E-state index in [1.165, 1.54) is 11.3 Å². The Hall–Kier alpha value is -1.98. The summed E-state index contributed by atoms with van der Waals surface area (Å²) in [7, 11) is 0. The minimum Gasteiger partial charge on any atom is -0.481 e. The first kappa shape index (κ1) is 23.3. The molecule has 6 heteroatoms. The van der Waals surface area contributed by atoms with Gasteiger partial charge in [-0.25, -0.2) is 0 Å². The summed E-state index contributed by atoms with van der Waals surface area (Å²) in [5.74, 6) is -0.797. The zero-order valence-corrected chi connectivity index (χ0v) is 18.8. The Bertz CT molecular complexity index is 750. The standard InChI is InChI=1S/C23H34ClN3O2/c1-5-20(11-10-18(2)25-23(3,4)16-22(28)29)27-14-12-26(13-15-27)17-19-8-6-7-9-21(19)24/h6-11,25H,5,12-17H2,1-4H3,(H,28,29)/b18-10+,20-11+. The van der Waals surface area contributed by atoms with E-state index in [4.69, 9.17) is 16.7 Å². The second-order valence-electron chi connectivity index (χ2n) is 8.30. The molecule has 160 valence electrons. The largest absolute Gasteiger partial charge is 0.481 e. The highest BCUT2D eigenvalue weighted by Gasteiger charge is 2.21. The van der Waals surface area contributed by atoms with Crippen LogP contribution in [0, 0.1) is 0 Å². The van der Waals surface area contributed by atoms with Crippen LogP contribution < -0.4 is 5.32 Å². The molecule has 1 aromatic carbocycles. The van der Waals surface area contributed by atoms with Crippen LogP contribution in [-0.2, 0) is 11.3 Å². The second-order valence-corrected chi connectivity index (χ2v) is 8.70. The minimum atomic E-state index is -0.797. The Morgan fingerprint density at radius 1 is 1.21 bits per heavy atom. The fraction of sp³-hybridized carbons (Fsp3) is 0.522. The van der Waals surface area contributed by atoms with E-state index < -0.39 is 11.5 Å². The molecule has 0 aliphatic carbocycles. The molecule has 29 heavy (non-hydrogen) atoms. The van der Waals surface area contributed by atoms with Crippen molar-refractivity contribution in [2.24, 2.45) is 0 Å². The topological polar surface area (TPSA) is 55.8 Å². The van der Waals surface area contributed by atoms with Gasteiger partial charge in [0.1, 0.15) is 0 Å². The highest BCUT2D eigenvalue weighted by molar-refractivity contribution is 6.31. The van der Waals surface area contributed by atoms with Crippen molar-refractivity contribution in [1.82, 2.24) is 15.1 Å². The summed E-state index contributed by atoms with van der Waals surface area (Å²) in [6.45, 7) is 12.9. The molecule has 2 N–H and O–H groups in total. The fourth-order valence-electron chi connectivity index (χ4n) is 3.73. The van der Waals surface area contributed by atoms with Gasteiger partial charge in [0.05, 0.1) is 6.42 Å². The number of nitrogens with one attached hydrogen (secondary N) is 1. The fourth-order valence-corrected chi connectivity index (χ4v) is 3.92. The number of aliphatic carboxylic acids is 1. The molecule has 0 radical (unpaired) electrons. The van der Waals surface area contributed by atoms with E-state index in [9.17, 15) is 4.79 Å². The van der Waals surface area contributed by atoms with Crippen molar-refractivity contribution >= 4 is 17.6 Å². The second kappa shape index (κ2) is 10.7. The van der Waals surface area contributed by atoms with Crippen LogP contribution in [0.3, 0.4) is 0 Å². The molecular weight excluding hydrogens is 386 g/mol. The number of allylic oxidation sites excluding steroid dienone is 4. The molecule has 0 bridgehead atoms. The third kappa shape index (κ3) is 7.75. The van der Waals surface area contributed by atoms with Crippen LogP contribution in [0.25, 0.3) is 0 Å². The molecule has 1 aromatic rings. The molecular formula is C23H34ClN3O2. The Labute approximate surface area is 180 Å². The van der Waals surface area contributed by atoms with E-state index in [0.717, 1.165) is 49.9 Å². The van der Waals surface area contributed by atoms with Crippen LogP contribution in [-0.4, -0.2) is 52.6 Å². The Morgan fingerprint density at radius 3 is 2.45 bits per heavy atom. The number of carboxylic acid groups (broad SMARTS) is 1. The maximum Gasteiger partial charge on any atom is 0.305 e. The smallest absolute Gasteiger partial charge is 0.305 e. The van der Waals surface area contributed by atoms with E-state index >= 15 is 0 Å². The van der Waals surface area contributed by atoms with Gasteiger partial charge < -0.3 is 15.3 Å². The molecule has 0 unspecified atom stereocenters. The Morgan fingerprint density at radius 2 is 1.86 bits per heavy atom. The van der Waals surface area contributed by atoms with Crippen molar-refractivity contribution in [2.45, 2.75) is 52.6 Å². The number of piperazine rings is 1. The molecule has 1 heterocycles. The van der Waals surface area contributed by atoms with Gasteiger partial charge in [0.2, 0.25) is 0 Å². The number of hydrogen-bond donors (Lipinski definition) is 2. The lowest BCUT2D eigenvalue weighted by molar-refractivity contribution is -0.138. The summed E-state index contributed by atoms with van der Waals surface area (Å²) in [5, 5.41) is 13.2.